The Kier molecular flexibility index (Phi) is 5.85. The van der Waals surface area contributed by atoms with Crippen molar-refractivity contribution < 1.29 is 9.59 Å². The minimum Gasteiger partial charge on any atom is -0.267 e. The van der Waals surface area contributed by atoms with Gasteiger partial charge in [0.15, 0.2) is 0 Å². The van der Waals surface area contributed by atoms with Crippen LogP contribution in [0.4, 0.5) is 0 Å². The van der Waals surface area contributed by atoms with Gasteiger partial charge in [0.1, 0.15) is 0 Å². The number of hydrogen-bond donors (Lipinski definition) is 0. The molecular formula is C20H23ClN2O2. The van der Waals surface area contributed by atoms with Gasteiger partial charge in [-0.25, -0.2) is 10.0 Å². The Hall–Kier alpha value is -2.33. The molecule has 0 aliphatic heterocycles. The summed E-state index contributed by atoms with van der Waals surface area (Å²) in [5, 5.41) is 3.48. The number of hydrogen-bond acceptors (Lipinski definition) is 2. The van der Waals surface area contributed by atoms with Crippen molar-refractivity contribution in [2.75, 3.05) is 6.54 Å². The van der Waals surface area contributed by atoms with E-state index in [0.717, 1.165) is 0 Å². The van der Waals surface area contributed by atoms with Gasteiger partial charge < -0.3 is 0 Å². The van der Waals surface area contributed by atoms with Crippen LogP contribution >= 0.6 is 11.6 Å². The lowest BCUT2D eigenvalue weighted by molar-refractivity contribution is -0.0410. The van der Waals surface area contributed by atoms with E-state index in [1.165, 1.54) is 10.0 Å². The van der Waals surface area contributed by atoms with Crippen LogP contribution in [0.15, 0.2) is 54.6 Å². The molecule has 0 bridgehead atoms. The van der Waals surface area contributed by atoms with Crippen molar-refractivity contribution in [3.8, 4) is 0 Å². The summed E-state index contributed by atoms with van der Waals surface area (Å²) in [5.41, 5.74) is 0.402. The molecule has 0 aliphatic carbocycles. The first-order chi connectivity index (χ1) is 11.8. The molecule has 0 fully saturated rings. The van der Waals surface area contributed by atoms with E-state index in [9.17, 15) is 9.59 Å². The average molecular weight is 359 g/mol. The van der Waals surface area contributed by atoms with Crippen LogP contribution in [0.5, 0.6) is 0 Å². The van der Waals surface area contributed by atoms with Gasteiger partial charge in [-0.15, -0.1) is 0 Å². The number of amides is 2. The molecule has 2 amide bonds. The molecule has 132 valence electrons. The van der Waals surface area contributed by atoms with E-state index in [1.807, 2.05) is 33.8 Å². The number of halogens is 1. The molecule has 0 atom stereocenters. The van der Waals surface area contributed by atoms with Gasteiger partial charge in [-0.05, 0) is 58.0 Å². The highest BCUT2D eigenvalue weighted by Crippen LogP contribution is 2.23. The van der Waals surface area contributed by atoms with E-state index in [1.54, 1.807) is 48.5 Å². The summed E-state index contributed by atoms with van der Waals surface area (Å²) in [4.78, 5) is 26.1. The standard InChI is InChI=1S/C20H23ClN2O2/c1-5-22(18(24)15-10-7-6-8-11-15)23(20(2,3)4)19(25)16-12-9-13-17(21)14-16/h6-14H,5H2,1-4H3. The van der Waals surface area contributed by atoms with Crippen LogP contribution in [0, 0.1) is 0 Å². The number of nitrogens with zero attached hydrogens (tertiary/aromatic N) is 2. The predicted molar refractivity (Wildman–Crippen MR) is 101 cm³/mol. The second-order valence-corrected chi connectivity index (χ2v) is 7.12. The largest absolute Gasteiger partial charge is 0.273 e. The van der Waals surface area contributed by atoms with Gasteiger partial charge in [-0.1, -0.05) is 35.9 Å². The Balaban J connectivity index is 2.45. The Morgan fingerprint density at radius 2 is 1.52 bits per heavy atom. The van der Waals surface area contributed by atoms with E-state index in [4.69, 9.17) is 11.6 Å². The fraction of sp³-hybridized carbons (Fsp3) is 0.300. The lowest BCUT2D eigenvalue weighted by atomic mass is 10.1. The Morgan fingerprint density at radius 3 is 2.04 bits per heavy atom. The summed E-state index contributed by atoms with van der Waals surface area (Å²) in [6.07, 6.45) is 0. The quantitative estimate of drug-likeness (QED) is 0.749. The molecule has 0 radical (unpaired) electrons. The van der Waals surface area contributed by atoms with Crippen molar-refractivity contribution in [1.82, 2.24) is 10.0 Å². The minimum absolute atomic E-state index is 0.214. The van der Waals surface area contributed by atoms with Crippen LogP contribution in [0.2, 0.25) is 5.02 Å². The van der Waals surface area contributed by atoms with Gasteiger partial charge >= 0.3 is 0 Å². The van der Waals surface area contributed by atoms with Crippen molar-refractivity contribution >= 4 is 23.4 Å². The van der Waals surface area contributed by atoms with E-state index in [-0.39, 0.29) is 11.8 Å². The van der Waals surface area contributed by atoms with Crippen LogP contribution in [0.3, 0.4) is 0 Å². The van der Waals surface area contributed by atoms with Gasteiger partial charge in [0.05, 0.1) is 5.54 Å². The zero-order chi connectivity index (χ0) is 18.6. The monoisotopic (exact) mass is 358 g/mol. The first-order valence-corrected chi connectivity index (χ1v) is 8.60. The number of rotatable bonds is 3. The van der Waals surface area contributed by atoms with Gasteiger partial charge in [0, 0.05) is 22.7 Å². The van der Waals surface area contributed by atoms with Crippen LogP contribution < -0.4 is 0 Å². The Morgan fingerprint density at radius 1 is 0.920 bits per heavy atom. The number of hydrazine groups is 1. The summed E-state index contributed by atoms with van der Waals surface area (Å²) >= 11 is 6.03. The van der Waals surface area contributed by atoms with Crippen LogP contribution in [0.25, 0.3) is 0 Å². The number of carbonyl (C=O) groups is 2. The molecule has 2 rings (SSSR count). The van der Waals surface area contributed by atoms with Gasteiger partial charge in [0.25, 0.3) is 11.8 Å². The number of carbonyl (C=O) groups excluding carboxylic acids is 2. The maximum Gasteiger partial charge on any atom is 0.273 e. The zero-order valence-electron chi connectivity index (χ0n) is 15.0. The third kappa shape index (κ3) is 4.40. The summed E-state index contributed by atoms with van der Waals surface area (Å²) in [6, 6.07) is 15.7. The smallest absolute Gasteiger partial charge is 0.267 e. The molecule has 5 heteroatoms. The molecule has 0 saturated heterocycles. The maximum atomic E-state index is 13.2. The van der Waals surface area contributed by atoms with Crippen molar-refractivity contribution in [2.45, 2.75) is 33.2 Å². The lowest BCUT2D eigenvalue weighted by Gasteiger charge is -2.43. The van der Waals surface area contributed by atoms with E-state index >= 15 is 0 Å². The normalized spacial score (nSPS) is 11.1. The number of benzene rings is 2. The fourth-order valence-corrected chi connectivity index (χ4v) is 2.82. The molecule has 0 aromatic heterocycles. The van der Waals surface area contributed by atoms with Crippen molar-refractivity contribution in [3.63, 3.8) is 0 Å². The van der Waals surface area contributed by atoms with Gasteiger partial charge in [0.2, 0.25) is 0 Å². The maximum absolute atomic E-state index is 13.2. The lowest BCUT2D eigenvalue weighted by Crippen LogP contribution is -2.58. The van der Waals surface area contributed by atoms with Crippen LogP contribution in [-0.2, 0) is 0 Å². The summed E-state index contributed by atoms with van der Waals surface area (Å²) in [7, 11) is 0. The van der Waals surface area contributed by atoms with Crippen molar-refractivity contribution in [2.24, 2.45) is 0 Å². The summed E-state index contributed by atoms with van der Waals surface area (Å²) in [6.45, 7) is 7.92. The SMILES string of the molecule is CCN(C(=O)c1ccccc1)N(C(=O)c1cccc(Cl)c1)C(C)(C)C. The molecule has 25 heavy (non-hydrogen) atoms. The third-order valence-electron chi connectivity index (χ3n) is 3.70. The zero-order valence-corrected chi connectivity index (χ0v) is 15.7. The van der Waals surface area contributed by atoms with Crippen molar-refractivity contribution in [1.29, 1.82) is 0 Å². The van der Waals surface area contributed by atoms with E-state index in [2.05, 4.69) is 0 Å². The van der Waals surface area contributed by atoms with E-state index in [0.29, 0.717) is 22.7 Å². The van der Waals surface area contributed by atoms with Crippen LogP contribution in [0.1, 0.15) is 48.4 Å². The van der Waals surface area contributed by atoms with Crippen molar-refractivity contribution in [3.05, 3.63) is 70.7 Å². The fourth-order valence-electron chi connectivity index (χ4n) is 2.63. The molecule has 0 N–H and O–H groups in total. The summed E-state index contributed by atoms with van der Waals surface area (Å²) < 4.78 is 0. The predicted octanol–water partition coefficient (Wildman–Crippen LogP) is 4.66. The molecule has 0 saturated carbocycles. The first kappa shape index (κ1) is 19.0. The topological polar surface area (TPSA) is 40.6 Å². The second kappa shape index (κ2) is 7.70. The minimum atomic E-state index is -0.583. The molecule has 0 heterocycles. The third-order valence-corrected chi connectivity index (χ3v) is 3.93. The first-order valence-electron chi connectivity index (χ1n) is 8.22. The highest BCUT2D eigenvalue weighted by Gasteiger charge is 2.35. The van der Waals surface area contributed by atoms with E-state index < -0.39 is 5.54 Å². The second-order valence-electron chi connectivity index (χ2n) is 6.69. The van der Waals surface area contributed by atoms with Crippen LogP contribution in [-0.4, -0.2) is 33.9 Å². The Bertz CT molecular complexity index is 754. The highest BCUT2D eigenvalue weighted by molar-refractivity contribution is 6.31. The highest BCUT2D eigenvalue weighted by atomic mass is 35.5. The Labute approximate surface area is 154 Å². The van der Waals surface area contributed by atoms with Gasteiger partial charge in [-0.2, -0.15) is 0 Å². The molecule has 2 aromatic rings. The summed E-state index contributed by atoms with van der Waals surface area (Å²) in [5.74, 6) is -0.477. The molecule has 4 nitrogen and oxygen atoms in total. The molecule has 0 aliphatic rings. The van der Waals surface area contributed by atoms with Gasteiger partial charge in [-0.3, -0.25) is 9.59 Å². The molecule has 2 aromatic carbocycles. The molecule has 0 spiro atoms. The average Bonchev–Trinajstić information content (AvgIpc) is 2.58. The molecular weight excluding hydrogens is 336 g/mol. The molecule has 0 unspecified atom stereocenters.